The first-order chi connectivity index (χ1) is 16.2. The monoisotopic (exact) mass is 450 g/mol. The standard InChI is InChI=1S/C27H30O6/c28-16-23-24(29)25(30-17-20-10-4-1-5-11-20)26(31-18-21-12-6-2-7-13-21)27(33-23)32-19-22-14-8-3-9-15-22/h1-15,23-29H,16-19H2. The fourth-order valence-corrected chi connectivity index (χ4v) is 3.83. The summed E-state index contributed by atoms with van der Waals surface area (Å²) in [4.78, 5) is 0. The van der Waals surface area contributed by atoms with E-state index in [1.165, 1.54) is 0 Å². The smallest absolute Gasteiger partial charge is 0.187 e. The summed E-state index contributed by atoms with van der Waals surface area (Å²) in [5.74, 6) is 0. The molecule has 0 saturated carbocycles. The van der Waals surface area contributed by atoms with Gasteiger partial charge >= 0.3 is 0 Å². The third-order valence-corrected chi connectivity index (χ3v) is 5.63. The molecule has 4 rings (SSSR count). The molecule has 0 bridgehead atoms. The van der Waals surface area contributed by atoms with E-state index >= 15 is 0 Å². The van der Waals surface area contributed by atoms with Crippen LogP contribution in [-0.2, 0) is 38.8 Å². The normalized spacial score (nSPS) is 25.1. The van der Waals surface area contributed by atoms with E-state index in [2.05, 4.69) is 0 Å². The molecule has 0 amide bonds. The summed E-state index contributed by atoms with van der Waals surface area (Å²) >= 11 is 0. The van der Waals surface area contributed by atoms with Crippen molar-refractivity contribution in [1.82, 2.24) is 0 Å². The second-order valence-corrected chi connectivity index (χ2v) is 8.04. The highest BCUT2D eigenvalue weighted by Gasteiger charge is 2.47. The third kappa shape index (κ3) is 6.48. The van der Waals surface area contributed by atoms with E-state index in [0.717, 1.165) is 16.7 Å². The first-order valence-corrected chi connectivity index (χ1v) is 11.2. The van der Waals surface area contributed by atoms with Gasteiger partial charge < -0.3 is 29.2 Å². The summed E-state index contributed by atoms with van der Waals surface area (Å²) in [7, 11) is 0. The van der Waals surface area contributed by atoms with Crippen LogP contribution in [-0.4, -0.2) is 47.5 Å². The minimum atomic E-state index is -1.07. The lowest BCUT2D eigenvalue weighted by Crippen LogP contribution is -2.60. The summed E-state index contributed by atoms with van der Waals surface area (Å²) in [6.45, 7) is 0.540. The van der Waals surface area contributed by atoms with Crippen molar-refractivity contribution in [2.75, 3.05) is 6.61 Å². The summed E-state index contributed by atoms with van der Waals surface area (Å²) in [5.41, 5.74) is 2.94. The van der Waals surface area contributed by atoms with Gasteiger partial charge in [-0.15, -0.1) is 0 Å². The van der Waals surface area contributed by atoms with Gasteiger partial charge in [0, 0.05) is 0 Å². The SMILES string of the molecule is OCC1OC(OCc2ccccc2)C(OCc2ccccc2)C(OCc2ccccc2)C1O. The molecule has 1 saturated heterocycles. The van der Waals surface area contributed by atoms with Gasteiger partial charge in [0.1, 0.15) is 24.4 Å². The van der Waals surface area contributed by atoms with Crippen molar-refractivity contribution in [2.45, 2.75) is 50.5 Å². The predicted molar refractivity (Wildman–Crippen MR) is 123 cm³/mol. The minimum Gasteiger partial charge on any atom is -0.394 e. The predicted octanol–water partition coefficient (Wildman–Crippen LogP) is 3.45. The molecule has 0 aliphatic carbocycles. The minimum absolute atomic E-state index is 0.289. The summed E-state index contributed by atoms with van der Waals surface area (Å²) in [5, 5.41) is 20.8. The molecule has 0 spiro atoms. The molecule has 5 atom stereocenters. The van der Waals surface area contributed by atoms with Gasteiger partial charge in [0.2, 0.25) is 0 Å². The molecular formula is C27H30O6. The van der Waals surface area contributed by atoms with Gasteiger partial charge in [-0.3, -0.25) is 0 Å². The van der Waals surface area contributed by atoms with Crippen molar-refractivity contribution in [3.05, 3.63) is 108 Å². The molecule has 1 heterocycles. The molecule has 2 N–H and O–H groups in total. The number of hydrogen-bond donors (Lipinski definition) is 2. The molecule has 33 heavy (non-hydrogen) atoms. The molecule has 0 radical (unpaired) electrons. The highest BCUT2D eigenvalue weighted by Crippen LogP contribution is 2.29. The Morgan fingerprint density at radius 1 is 0.606 bits per heavy atom. The van der Waals surface area contributed by atoms with Crippen molar-refractivity contribution >= 4 is 0 Å². The zero-order chi connectivity index (χ0) is 22.9. The molecule has 1 aliphatic heterocycles. The molecule has 6 heteroatoms. The molecule has 1 aliphatic rings. The molecule has 174 valence electrons. The molecule has 5 unspecified atom stereocenters. The average Bonchev–Trinajstić information content (AvgIpc) is 2.88. The van der Waals surface area contributed by atoms with Gasteiger partial charge in [0.25, 0.3) is 0 Å². The van der Waals surface area contributed by atoms with Gasteiger partial charge in [-0.2, -0.15) is 0 Å². The number of hydrogen-bond acceptors (Lipinski definition) is 6. The Kier molecular flexibility index (Phi) is 8.60. The van der Waals surface area contributed by atoms with Crippen LogP contribution < -0.4 is 0 Å². The fraction of sp³-hybridized carbons (Fsp3) is 0.333. The van der Waals surface area contributed by atoms with E-state index in [9.17, 15) is 10.2 Å². The topological polar surface area (TPSA) is 77.4 Å². The van der Waals surface area contributed by atoms with E-state index < -0.39 is 30.7 Å². The number of rotatable bonds is 10. The number of benzene rings is 3. The molecule has 0 aromatic heterocycles. The van der Waals surface area contributed by atoms with E-state index in [4.69, 9.17) is 18.9 Å². The van der Waals surface area contributed by atoms with Crippen molar-refractivity contribution in [3.63, 3.8) is 0 Å². The van der Waals surface area contributed by atoms with Crippen LogP contribution in [0, 0.1) is 0 Å². The summed E-state index contributed by atoms with van der Waals surface area (Å²) in [6.07, 6.45) is -4.19. The lowest BCUT2D eigenvalue weighted by atomic mass is 9.98. The van der Waals surface area contributed by atoms with Crippen LogP contribution >= 0.6 is 0 Å². The highest BCUT2D eigenvalue weighted by atomic mass is 16.7. The van der Waals surface area contributed by atoms with Crippen molar-refractivity contribution in [1.29, 1.82) is 0 Å². The maximum Gasteiger partial charge on any atom is 0.187 e. The fourth-order valence-electron chi connectivity index (χ4n) is 3.83. The number of aliphatic hydroxyl groups is 2. The van der Waals surface area contributed by atoms with Crippen LogP contribution in [0.3, 0.4) is 0 Å². The number of ether oxygens (including phenoxy) is 4. The molecule has 6 nitrogen and oxygen atoms in total. The lowest BCUT2D eigenvalue weighted by molar-refractivity contribution is -0.322. The van der Waals surface area contributed by atoms with E-state index in [1.807, 2.05) is 91.0 Å². The third-order valence-electron chi connectivity index (χ3n) is 5.63. The zero-order valence-corrected chi connectivity index (χ0v) is 18.4. The zero-order valence-electron chi connectivity index (χ0n) is 18.4. The van der Waals surface area contributed by atoms with Crippen LogP contribution in [0.5, 0.6) is 0 Å². The van der Waals surface area contributed by atoms with Crippen LogP contribution in [0.2, 0.25) is 0 Å². The molecule has 1 fully saturated rings. The first-order valence-electron chi connectivity index (χ1n) is 11.2. The van der Waals surface area contributed by atoms with Gasteiger partial charge in [-0.1, -0.05) is 91.0 Å². The van der Waals surface area contributed by atoms with Crippen LogP contribution in [0.1, 0.15) is 16.7 Å². The Morgan fingerprint density at radius 3 is 1.48 bits per heavy atom. The van der Waals surface area contributed by atoms with Crippen LogP contribution in [0.15, 0.2) is 91.0 Å². The first kappa shape index (κ1) is 23.6. The Bertz CT molecular complexity index is 937. The lowest BCUT2D eigenvalue weighted by Gasteiger charge is -2.43. The molecule has 3 aromatic rings. The summed E-state index contributed by atoms with van der Waals surface area (Å²) in [6, 6.07) is 29.2. The quantitative estimate of drug-likeness (QED) is 0.493. The Hall–Kier alpha value is -2.58. The maximum atomic E-state index is 10.9. The average molecular weight is 451 g/mol. The molecular weight excluding hydrogens is 420 g/mol. The van der Waals surface area contributed by atoms with Crippen LogP contribution in [0.25, 0.3) is 0 Å². The van der Waals surface area contributed by atoms with Gasteiger partial charge in [-0.25, -0.2) is 0 Å². The second kappa shape index (κ2) is 12.0. The Balaban J connectivity index is 1.52. The highest BCUT2D eigenvalue weighted by molar-refractivity contribution is 5.15. The largest absolute Gasteiger partial charge is 0.394 e. The molecule has 3 aromatic carbocycles. The van der Waals surface area contributed by atoms with Crippen molar-refractivity contribution in [2.24, 2.45) is 0 Å². The van der Waals surface area contributed by atoms with Gasteiger partial charge in [0.15, 0.2) is 6.29 Å². The van der Waals surface area contributed by atoms with Crippen molar-refractivity contribution < 1.29 is 29.2 Å². The second-order valence-electron chi connectivity index (χ2n) is 8.04. The Labute approximate surface area is 194 Å². The maximum absolute atomic E-state index is 10.9. The van der Waals surface area contributed by atoms with Gasteiger partial charge in [-0.05, 0) is 16.7 Å². The van der Waals surface area contributed by atoms with Gasteiger partial charge in [0.05, 0.1) is 26.4 Å². The number of aliphatic hydroxyl groups excluding tert-OH is 2. The van der Waals surface area contributed by atoms with Crippen LogP contribution in [0.4, 0.5) is 0 Å². The van der Waals surface area contributed by atoms with E-state index in [0.29, 0.717) is 13.2 Å². The van der Waals surface area contributed by atoms with Crippen molar-refractivity contribution in [3.8, 4) is 0 Å². The Morgan fingerprint density at radius 2 is 1.03 bits per heavy atom. The van der Waals surface area contributed by atoms with E-state index in [-0.39, 0.29) is 13.2 Å². The van der Waals surface area contributed by atoms with E-state index in [1.54, 1.807) is 0 Å². The summed E-state index contributed by atoms with van der Waals surface area (Å²) < 4.78 is 24.4.